The molecule has 5 nitrogen and oxygen atoms in total. The van der Waals surface area contributed by atoms with E-state index in [0.717, 1.165) is 6.08 Å². The summed E-state index contributed by atoms with van der Waals surface area (Å²) in [6.45, 7) is -2.18. The lowest BCUT2D eigenvalue weighted by molar-refractivity contribution is -0.334. The molecule has 2 rings (SSSR count). The average molecular weight is 430 g/mol. The van der Waals surface area contributed by atoms with Crippen molar-refractivity contribution in [2.45, 2.75) is 23.7 Å². The summed E-state index contributed by atoms with van der Waals surface area (Å²) in [5.41, 5.74) is -3.59. The van der Waals surface area contributed by atoms with Crippen LogP contribution in [0, 0.1) is 5.41 Å². The minimum Gasteiger partial charge on any atom is -0.338 e. The van der Waals surface area contributed by atoms with Crippen molar-refractivity contribution < 1.29 is 39.6 Å². The molecule has 1 heterocycles. The van der Waals surface area contributed by atoms with E-state index >= 15 is 0 Å². The van der Waals surface area contributed by atoms with Crippen LogP contribution in [0.15, 0.2) is 35.2 Å². The molecule has 0 aliphatic carbocycles. The van der Waals surface area contributed by atoms with Crippen molar-refractivity contribution in [3.05, 3.63) is 35.9 Å². The van der Waals surface area contributed by atoms with E-state index in [4.69, 9.17) is 0 Å². The topological polar surface area (TPSA) is 66.5 Å². The highest BCUT2D eigenvalue weighted by molar-refractivity contribution is 7.89. The van der Waals surface area contributed by atoms with Crippen LogP contribution in [0.5, 0.6) is 0 Å². The van der Waals surface area contributed by atoms with Crippen molar-refractivity contribution in [1.29, 1.82) is 0 Å². The van der Waals surface area contributed by atoms with E-state index in [-0.39, 0.29) is 4.90 Å². The maximum Gasteiger partial charge on any atom is 0.404 e. The standard InChI is InChI=1S/C16H16F6N2O3S/c1-23-28(26,27)12-5-2-11(3-6-12)4-7-13(25)24-9-8-14(10-24,15(17,18)19)16(20,21)22/h2-7,23H,8-10H2,1H3/b7-4+. The zero-order valence-electron chi connectivity index (χ0n) is 14.4. The van der Waals surface area contributed by atoms with Crippen molar-refractivity contribution in [3.8, 4) is 0 Å². The Morgan fingerprint density at radius 2 is 1.64 bits per heavy atom. The fraction of sp³-hybridized carbons (Fsp3) is 0.438. The van der Waals surface area contributed by atoms with Crippen LogP contribution in [0.2, 0.25) is 0 Å². The number of nitrogens with one attached hydrogen (secondary N) is 1. The van der Waals surface area contributed by atoms with Gasteiger partial charge in [-0.1, -0.05) is 12.1 Å². The summed E-state index contributed by atoms with van der Waals surface area (Å²) < 4.78 is 104. The highest BCUT2D eigenvalue weighted by Crippen LogP contribution is 2.55. The molecule has 1 saturated heterocycles. The van der Waals surface area contributed by atoms with E-state index in [2.05, 4.69) is 4.72 Å². The molecule has 0 saturated carbocycles. The second kappa shape index (κ2) is 7.39. The number of amides is 1. The number of benzene rings is 1. The first-order valence-electron chi connectivity index (χ1n) is 7.87. The Labute approximate surface area is 157 Å². The number of hydrogen-bond acceptors (Lipinski definition) is 3. The van der Waals surface area contributed by atoms with Crippen molar-refractivity contribution in [1.82, 2.24) is 9.62 Å². The number of alkyl halides is 6. The van der Waals surface area contributed by atoms with Gasteiger partial charge in [-0.3, -0.25) is 4.79 Å². The number of carbonyl (C=O) groups excluding carboxylic acids is 1. The molecule has 1 N–H and O–H groups in total. The van der Waals surface area contributed by atoms with Gasteiger partial charge < -0.3 is 4.90 Å². The number of nitrogens with zero attached hydrogens (tertiary/aromatic N) is 1. The van der Waals surface area contributed by atoms with Crippen LogP contribution < -0.4 is 4.72 Å². The Balaban J connectivity index is 2.14. The van der Waals surface area contributed by atoms with Crippen LogP contribution in [0.3, 0.4) is 0 Å². The van der Waals surface area contributed by atoms with Gasteiger partial charge in [0.15, 0.2) is 5.41 Å². The maximum absolute atomic E-state index is 13.0. The molecule has 1 aliphatic heterocycles. The van der Waals surface area contributed by atoms with Gasteiger partial charge in [0.05, 0.1) is 4.90 Å². The van der Waals surface area contributed by atoms with Crippen LogP contribution in [0.1, 0.15) is 12.0 Å². The summed E-state index contributed by atoms with van der Waals surface area (Å²) in [5.74, 6) is -0.998. The number of sulfonamides is 1. The van der Waals surface area contributed by atoms with Gasteiger partial charge in [0.2, 0.25) is 15.9 Å². The van der Waals surface area contributed by atoms with Gasteiger partial charge in [-0.25, -0.2) is 13.1 Å². The molecular formula is C16H16F6N2O3S. The lowest BCUT2D eigenvalue weighted by Crippen LogP contribution is -2.52. The third-order valence-corrected chi connectivity index (χ3v) is 5.97. The number of hydrogen-bond donors (Lipinski definition) is 1. The Morgan fingerprint density at radius 1 is 1.11 bits per heavy atom. The van der Waals surface area contributed by atoms with E-state index in [1.54, 1.807) is 0 Å². The predicted molar refractivity (Wildman–Crippen MR) is 87.5 cm³/mol. The molecule has 1 amide bonds. The molecule has 0 aromatic heterocycles. The minimum absolute atomic E-state index is 0.0434. The van der Waals surface area contributed by atoms with Crippen LogP contribution in [-0.2, 0) is 14.8 Å². The normalized spacial score (nSPS) is 18.0. The SMILES string of the molecule is CNS(=O)(=O)c1ccc(/C=C/C(=O)N2CCC(C(F)(F)F)(C(F)(F)F)C2)cc1. The molecule has 0 spiro atoms. The predicted octanol–water partition coefficient (Wildman–Crippen LogP) is 2.95. The van der Waals surface area contributed by atoms with Crippen LogP contribution in [0.4, 0.5) is 26.3 Å². The Bertz CT molecular complexity index is 846. The Kier molecular flexibility index (Phi) is 5.86. The van der Waals surface area contributed by atoms with E-state index in [1.165, 1.54) is 37.4 Å². The highest BCUT2D eigenvalue weighted by Gasteiger charge is 2.72. The first-order chi connectivity index (χ1) is 12.7. The largest absolute Gasteiger partial charge is 0.404 e. The maximum atomic E-state index is 13.0. The van der Waals surface area contributed by atoms with E-state index in [9.17, 15) is 39.6 Å². The quantitative estimate of drug-likeness (QED) is 0.590. The van der Waals surface area contributed by atoms with Crippen LogP contribution in [0.25, 0.3) is 6.08 Å². The molecule has 1 aliphatic rings. The number of halogens is 6. The molecule has 1 aromatic rings. The van der Waals surface area contributed by atoms with Crippen molar-refractivity contribution in [2.75, 3.05) is 20.1 Å². The zero-order chi connectivity index (χ0) is 21.4. The fourth-order valence-corrected chi connectivity index (χ4v) is 3.50. The van der Waals surface area contributed by atoms with Gasteiger partial charge in [0, 0.05) is 19.2 Å². The lowest BCUT2D eigenvalue weighted by atomic mass is 9.85. The molecule has 156 valence electrons. The van der Waals surface area contributed by atoms with E-state index < -0.39 is 53.2 Å². The van der Waals surface area contributed by atoms with Crippen molar-refractivity contribution >= 4 is 22.0 Å². The second-order valence-electron chi connectivity index (χ2n) is 6.20. The summed E-state index contributed by atoms with van der Waals surface area (Å²) in [6.07, 6.45) is -10.3. The summed E-state index contributed by atoms with van der Waals surface area (Å²) in [6, 6.07) is 5.16. The summed E-state index contributed by atoms with van der Waals surface area (Å²) in [5, 5.41) is 0. The highest BCUT2D eigenvalue weighted by atomic mass is 32.2. The zero-order valence-corrected chi connectivity index (χ0v) is 15.2. The molecule has 12 heteroatoms. The molecule has 0 unspecified atom stereocenters. The van der Waals surface area contributed by atoms with E-state index in [0.29, 0.717) is 10.5 Å². The molecule has 0 bridgehead atoms. The van der Waals surface area contributed by atoms with Gasteiger partial charge in [0.1, 0.15) is 0 Å². The second-order valence-corrected chi connectivity index (χ2v) is 8.08. The first kappa shape index (κ1) is 22.2. The monoisotopic (exact) mass is 430 g/mol. The van der Waals surface area contributed by atoms with Crippen molar-refractivity contribution in [3.63, 3.8) is 0 Å². The fourth-order valence-electron chi connectivity index (χ4n) is 2.77. The summed E-state index contributed by atoms with van der Waals surface area (Å²) in [4.78, 5) is 12.5. The smallest absolute Gasteiger partial charge is 0.338 e. The number of likely N-dealkylation sites (tertiary alicyclic amines) is 1. The summed E-state index contributed by atoms with van der Waals surface area (Å²) in [7, 11) is -2.44. The third kappa shape index (κ3) is 4.17. The molecule has 1 aromatic carbocycles. The number of rotatable bonds is 4. The van der Waals surface area contributed by atoms with Gasteiger partial charge in [-0.2, -0.15) is 26.3 Å². The minimum atomic E-state index is -5.53. The van der Waals surface area contributed by atoms with Crippen LogP contribution in [-0.4, -0.2) is 51.7 Å². The van der Waals surface area contributed by atoms with Gasteiger partial charge >= 0.3 is 12.4 Å². The molecule has 1 fully saturated rings. The Morgan fingerprint density at radius 3 is 2.07 bits per heavy atom. The molecular weight excluding hydrogens is 414 g/mol. The first-order valence-corrected chi connectivity index (χ1v) is 9.36. The average Bonchev–Trinajstić information content (AvgIpc) is 3.07. The van der Waals surface area contributed by atoms with Crippen LogP contribution >= 0.6 is 0 Å². The molecule has 28 heavy (non-hydrogen) atoms. The Hall–Kier alpha value is -2.08. The van der Waals surface area contributed by atoms with E-state index in [1.807, 2.05) is 0 Å². The van der Waals surface area contributed by atoms with Gasteiger partial charge in [-0.15, -0.1) is 0 Å². The third-order valence-electron chi connectivity index (χ3n) is 4.54. The molecule has 0 radical (unpaired) electrons. The van der Waals surface area contributed by atoms with Crippen molar-refractivity contribution in [2.24, 2.45) is 5.41 Å². The van der Waals surface area contributed by atoms with Gasteiger partial charge in [-0.05, 0) is 37.2 Å². The summed E-state index contributed by atoms with van der Waals surface area (Å²) >= 11 is 0. The molecule has 0 atom stereocenters. The lowest BCUT2D eigenvalue weighted by Gasteiger charge is -2.33. The van der Waals surface area contributed by atoms with Gasteiger partial charge in [0.25, 0.3) is 0 Å². The number of carbonyl (C=O) groups is 1.